The fraction of sp³-hybridized carbons (Fsp3) is 1.00. The Labute approximate surface area is 158 Å². The minimum atomic E-state index is -4.45. The van der Waals surface area contributed by atoms with Crippen molar-refractivity contribution in [2.75, 3.05) is 19.8 Å². The van der Waals surface area contributed by atoms with Gasteiger partial charge in [-0.2, -0.15) is 0 Å². The molecule has 0 amide bonds. The van der Waals surface area contributed by atoms with E-state index in [1.807, 2.05) is 6.92 Å². The first-order valence-corrected chi connectivity index (χ1v) is 9.57. The SMILES string of the molecule is C1CCCCCOCCCCC1.CCCCOS(=O)(=O)[O-].[Na+]. The summed E-state index contributed by atoms with van der Waals surface area (Å²) in [6.07, 6.45) is 13.9. The first kappa shape index (κ1) is 25.1. The van der Waals surface area contributed by atoms with E-state index in [9.17, 15) is 13.0 Å². The monoisotopic (exact) mass is 346 g/mol. The smallest absolute Gasteiger partial charge is 0.726 e. The molecule has 5 nitrogen and oxygen atoms in total. The normalized spacial score (nSPS) is 17.9. The first-order chi connectivity index (χ1) is 10.1. The summed E-state index contributed by atoms with van der Waals surface area (Å²) < 4.78 is 38.6. The van der Waals surface area contributed by atoms with Crippen LogP contribution in [0.4, 0.5) is 0 Å². The fourth-order valence-electron chi connectivity index (χ4n) is 2.05. The minimum absolute atomic E-state index is 0. The summed E-state index contributed by atoms with van der Waals surface area (Å²) in [5.41, 5.74) is 0. The summed E-state index contributed by atoms with van der Waals surface area (Å²) in [5.74, 6) is 0. The summed E-state index contributed by atoms with van der Waals surface area (Å²) >= 11 is 0. The van der Waals surface area contributed by atoms with Crippen LogP contribution in [0.2, 0.25) is 0 Å². The van der Waals surface area contributed by atoms with Crippen LogP contribution in [0.15, 0.2) is 0 Å². The number of rotatable bonds is 4. The fourth-order valence-corrected chi connectivity index (χ4v) is 2.38. The van der Waals surface area contributed by atoms with Gasteiger partial charge in [-0.1, -0.05) is 58.3 Å². The van der Waals surface area contributed by atoms with Crippen LogP contribution in [0.5, 0.6) is 0 Å². The van der Waals surface area contributed by atoms with Gasteiger partial charge >= 0.3 is 29.6 Å². The first-order valence-electron chi connectivity index (χ1n) is 8.24. The molecular formula is C15H31NaO5S. The maximum atomic E-state index is 9.73. The van der Waals surface area contributed by atoms with Crippen LogP contribution in [0.1, 0.15) is 77.6 Å². The molecule has 0 aromatic rings. The molecule has 0 aromatic heterocycles. The van der Waals surface area contributed by atoms with Crippen molar-refractivity contribution in [3.05, 3.63) is 0 Å². The van der Waals surface area contributed by atoms with Crippen LogP contribution in [-0.4, -0.2) is 32.8 Å². The predicted octanol–water partition coefficient (Wildman–Crippen LogP) is 0.795. The molecule has 1 fully saturated rings. The van der Waals surface area contributed by atoms with Gasteiger partial charge in [0.15, 0.2) is 0 Å². The molecule has 1 saturated heterocycles. The van der Waals surface area contributed by atoms with Gasteiger partial charge in [-0.25, -0.2) is 8.42 Å². The topological polar surface area (TPSA) is 75.7 Å². The van der Waals surface area contributed by atoms with Crippen molar-refractivity contribution in [1.82, 2.24) is 0 Å². The predicted molar refractivity (Wildman–Crippen MR) is 82.9 cm³/mol. The van der Waals surface area contributed by atoms with Crippen molar-refractivity contribution in [2.45, 2.75) is 77.6 Å². The van der Waals surface area contributed by atoms with Gasteiger partial charge in [-0.15, -0.1) is 0 Å². The molecule has 0 N–H and O–H groups in total. The largest absolute Gasteiger partial charge is 1.00 e. The molecule has 0 unspecified atom stereocenters. The standard InChI is InChI=1S/C11H22O.C4H10O4S.Na/c1-2-4-6-8-10-12-11-9-7-5-3-1;1-2-3-4-8-9(5,6)7;/h1-11H2;2-4H2,1H3,(H,5,6,7);/q;;+1/p-1. The van der Waals surface area contributed by atoms with E-state index in [2.05, 4.69) is 4.18 Å². The minimum Gasteiger partial charge on any atom is -0.726 e. The van der Waals surface area contributed by atoms with E-state index in [1.165, 1.54) is 57.8 Å². The van der Waals surface area contributed by atoms with E-state index >= 15 is 0 Å². The molecular weight excluding hydrogens is 315 g/mol. The van der Waals surface area contributed by atoms with E-state index in [0.29, 0.717) is 6.42 Å². The van der Waals surface area contributed by atoms with Crippen molar-refractivity contribution in [3.8, 4) is 0 Å². The summed E-state index contributed by atoms with van der Waals surface area (Å²) in [7, 11) is -4.45. The molecule has 1 aliphatic heterocycles. The third kappa shape index (κ3) is 23.1. The van der Waals surface area contributed by atoms with Gasteiger partial charge < -0.3 is 9.29 Å². The van der Waals surface area contributed by atoms with Crippen LogP contribution >= 0.6 is 0 Å². The van der Waals surface area contributed by atoms with Crippen molar-refractivity contribution in [2.24, 2.45) is 0 Å². The molecule has 1 rings (SSSR count). The third-order valence-corrected chi connectivity index (χ3v) is 3.76. The van der Waals surface area contributed by atoms with Crippen LogP contribution < -0.4 is 29.6 Å². The number of hydrogen-bond donors (Lipinski definition) is 0. The van der Waals surface area contributed by atoms with Crippen LogP contribution in [-0.2, 0) is 19.3 Å². The molecule has 0 aromatic carbocycles. The Morgan fingerprint density at radius 2 is 1.32 bits per heavy atom. The zero-order chi connectivity index (χ0) is 15.8. The quantitative estimate of drug-likeness (QED) is 0.326. The number of ether oxygens (including phenoxy) is 1. The molecule has 7 heteroatoms. The molecule has 22 heavy (non-hydrogen) atoms. The zero-order valence-corrected chi connectivity index (χ0v) is 17.2. The Hall–Kier alpha value is 0.830. The molecule has 0 atom stereocenters. The zero-order valence-electron chi connectivity index (χ0n) is 14.3. The second kappa shape index (κ2) is 18.2. The maximum absolute atomic E-state index is 9.73. The second-order valence-corrected chi connectivity index (χ2v) is 6.43. The van der Waals surface area contributed by atoms with E-state index in [1.54, 1.807) is 0 Å². The Morgan fingerprint density at radius 1 is 0.909 bits per heavy atom. The van der Waals surface area contributed by atoms with E-state index in [4.69, 9.17) is 4.74 Å². The van der Waals surface area contributed by atoms with Crippen molar-refractivity contribution in [1.29, 1.82) is 0 Å². The van der Waals surface area contributed by atoms with Gasteiger partial charge in [0.1, 0.15) is 0 Å². The third-order valence-electron chi connectivity index (χ3n) is 3.30. The average Bonchev–Trinajstić information content (AvgIpc) is 2.39. The molecule has 0 saturated carbocycles. The second-order valence-electron chi connectivity index (χ2n) is 5.38. The van der Waals surface area contributed by atoms with Gasteiger partial charge in [0, 0.05) is 13.2 Å². The molecule has 1 aliphatic rings. The maximum Gasteiger partial charge on any atom is 1.00 e. The van der Waals surface area contributed by atoms with Gasteiger partial charge in [-0.3, -0.25) is 4.18 Å². The van der Waals surface area contributed by atoms with Crippen LogP contribution in [0.3, 0.4) is 0 Å². The summed E-state index contributed by atoms with van der Waals surface area (Å²) in [6.45, 7) is 3.88. The molecule has 128 valence electrons. The Kier molecular flexibility index (Phi) is 20.7. The summed E-state index contributed by atoms with van der Waals surface area (Å²) in [6, 6.07) is 0. The Bertz CT molecular complexity index is 266. The summed E-state index contributed by atoms with van der Waals surface area (Å²) in [5, 5.41) is 0. The summed E-state index contributed by atoms with van der Waals surface area (Å²) in [4.78, 5) is 0. The van der Waals surface area contributed by atoms with Crippen LogP contribution in [0.25, 0.3) is 0 Å². The molecule has 0 aliphatic carbocycles. The van der Waals surface area contributed by atoms with Crippen molar-refractivity contribution >= 4 is 10.4 Å². The van der Waals surface area contributed by atoms with Gasteiger partial charge in [0.25, 0.3) is 0 Å². The molecule has 0 spiro atoms. The van der Waals surface area contributed by atoms with E-state index in [0.717, 1.165) is 19.6 Å². The van der Waals surface area contributed by atoms with E-state index in [-0.39, 0.29) is 36.2 Å². The van der Waals surface area contributed by atoms with Crippen molar-refractivity contribution < 1.29 is 51.4 Å². The molecule has 1 heterocycles. The molecule has 0 radical (unpaired) electrons. The van der Waals surface area contributed by atoms with E-state index < -0.39 is 10.4 Å². The van der Waals surface area contributed by atoms with Gasteiger partial charge in [0.05, 0.1) is 6.61 Å². The Morgan fingerprint density at radius 3 is 1.68 bits per heavy atom. The Balaban J connectivity index is 0. The van der Waals surface area contributed by atoms with Crippen molar-refractivity contribution in [3.63, 3.8) is 0 Å². The average molecular weight is 346 g/mol. The van der Waals surface area contributed by atoms with Gasteiger partial charge in [-0.05, 0) is 19.3 Å². The number of unbranched alkanes of at least 4 members (excludes halogenated alkanes) is 1. The number of hydrogen-bond acceptors (Lipinski definition) is 5. The van der Waals surface area contributed by atoms with Crippen LogP contribution in [0, 0.1) is 0 Å². The molecule has 0 bridgehead atoms. The van der Waals surface area contributed by atoms with Gasteiger partial charge in [0.2, 0.25) is 10.4 Å².